The summed E-state index contributed by atoms with van der Waals surface area (Å²) >= 11 is 1.28. The minimum absolute atomic E-state index is 0.158. The van der Waals surface area contributed by atoms with Crippen LogP contribution in [0.1, 0.15) is 16.1 Å². The average molecular weight is 369 g/mol. The predicted octanol–water partition coefficient (Wildman–Crippen LogP) is 3.63. The Balaban J connectivity index is 1.86. The van der Waals surface area contributed by atoms with Gasteiger partial charge in [-0.05, 0) is 48.9 Å². The fraction of sp³-hybridized carbons (Fsp3) is 0.111. The second kappa shape index (κ2) is 7.32. The number of thiazole rings is 1. The zero-order valence-corrected chi connectivity index (χ0v) is 15.2. The summed E-state index contributed by atoms with van der Waals surface area (Å²) in [6, 6.07) is 13.0. The van der Waals surface area contributed by atoms with E-state index < -0.39 is 5.91 Å². The molecule has 0 atom stereocenters. The summed E-state index contributed by atoms with van der Waals surface area (Å²) in [6.45, 7) is 1.96. The van der Waals surface area contributed by atoms with Crippen LogP contribution in [-0.2, 0) is 0 Å². The van der Waals surface area contributed by atoms with Crippen molar-refractivity contribution in [3.8, 4) is 5.75 Å². The maximum absolute atomic E-state index is 11.8. The molecule has 0 radical (unpaired) electrons. The van der Waals surface area contributed by atoms with Crippen molar-refractivity contribution in [2.45, 2.75) is 6.92 Å². The number of rotatable bonds is 6. The fourth-order valence-corrected chi connectivity index (χ4v) is 3.24. The molecule has 26 heavy (non-hydrogen) atoms. The molecule has 0 aliphatic carbocycles. The highest BCUT2D eigenvalue weighted by Crippen LogP contribution is 2.34. The zero-order chi connectivity index (χ0) is 18.7. The molecule has 0 aliphatic heterocycles. The molecule has 0 aliphatic rings. The normalized spacial score (nSPS) is 10.4. The molecule has 0 saturated carbocycles. The highest BCUT2D eigenvalue weighted by Gasteiger charge is 2.17. The predicted molar refractivity (Wildman–Crippen MR) is 106 cm³/mol. The number of ether oxygens (including phenoxy) is 1. The number of primary amides is 1. The number of nitrogen functional groups attached to an aromatic ring is 1. The molecule has 0 spiro atoms. The number of nitrogens with two attached hydrogens (primary N) is 2. The first-order chi connectivity index (χ1) is 12.5. The number of benzene rings is 2. The van der Waals surface area contributed by atoms with Crippen molar-refractivity contribution in [3.63, 3.8) is 0 Å². The van der Waals surface area contributed by atoms with Crippen LogP contribution >= 0.6 is 11.3 Å². The lowest BCUT2D eigenvalue weighted by Crippen LogP contribution is -2.13. The Hall–Kier alpha value is -3.26. The van der Waals surface area contributed by atoms with Crippen molar-refractivity contribution in [2.75, 3.05) is 23.5 Å². The summed E-state index contributed by atoms with van der Waals surface area (Å²) in [7, 11) is 1.61. The molecule has 134 valence electrons. The first-order valence-electron chi connectivity index (χ1n) is 7.81. The smallest absolute Gasteiger partial charge is 0.270 e. The molecule has 3 aromatic rings. The SMILES string of the molecule is COc1ccc(Nc2nc(C(N)=O)c(Nc3ccc(C)cc3N)s2)cc1. The highest BCUT2D eigenvalue weighted by molar-refractivity contribution is 7.20. The maximum Gasteiger partial charge on any atom is 0.270 e. The Morgan fingerprint density at radius 1 is 1.15 bits per heavy atom. The van der Waals surface area contributed by atoms with Crippen LogP contribution in [0.5, 0.6) is 5.75 Å². The quantitative estimate of drug-likeness (QED) is 0.493. The van der Waals surface area contributed by atoms with Crippen molar-refractivity contribution >= 4 is 44.4 Å². The van der Waals surface area contributed by atoms with Gasteiger partial charge in [0.15, 0.2) is 10.8 Å². The number of carbonyl (C=O) groups is 1. The highest BCUT2D eigenvalue weighted by atomic mass is 32.1. The number of aryl methyl sites for hydroxylation is 1. The summed E-state index contributed by atoms with van der Waals surface area (Å²) in [4.78, 5) is 16.0. The lowest BCUT2D eigenvalue weighted by Gasteiger charge is -2.08. The second-order valence-corrected chi connectivity index (χ2v) is 6.63. The van der Waals surface area contributed by atoms with Crippen LogP contribution in [-0.4, -0.2) is 18.0 Å². The van der Waals surface area contributed by atoms with Crippen LogP contribution in [0.4, 0.5) is 27.2 Å². The van der Waals surface area contributed by atoms with Gasteiger partial charge in [-0.2, -0.15) is 0 Å². The lowest BCUT2D eigenvalue weighted by atomic mass is 10.2. The van der Waals surface area contributed by atoms with Crippen molar-refractivity contribution < 1.29 is 9.53 Å². The largest absolute Gasteiger partial charge is 0.497 e. The number of aromatic nitrogens is 1. The van der Waals surface area contributed by atoms with Crippen LogP contribution in [0.25, 0.3) is 0 Å². The van der Waals surface area contributed by atoms with Crippen molar-refractivity contribution in [1.29, 1.82) is 0 Å². The second-order valence-electron chi connectivity index (χ2n) is 5.63. The van der Waals surface area contributed by atoms with E-state index in [0.29, 0.717) is 21.5 Å². The Morgan fingerprint density at radius 3 is 2.50 bits per heavy atom. The summed E-state index contributed by atoms with van der Waals surface area (Å²) in [5.41, 5.74) is 14.8. The number of nitrogens with one attached hydrogen (secondary N) is 2. The molecule has 0 fully saturated rings. The molecule has 0 bridgehead atoms. The first kappa shape index (κ1) is 17.6. The number of anilines is 5. The molecule has 0 unspecified atom stereocenters. The van der Waals surface area contributed by atoms with Crippen LogP contribution in [0.3, 0.4) is 0 Å². The van der Waals surface area contributed by atoms with Crippen LogP contribution in [0.2, 0.25) is 0 Å². The molecule has 7 nitrogen and oxygen atoms in total. The number of hydrogen-bond acceptors (Lipinski definition) is 7. The van der Waals surface area contributed by atoms with Gasteiger partial charge in [0, 0.05) is 5.69 Å². The Kier molecular flexibility index (Phi) is 4.94. The van der Waals surface area contributed by atoms with Crippen LogP contribution in [0.15, 0.2) is 42.5 Å². The van der Waals surface area contributed by atoms with E-state index >= 15 is 0 Å². The molecule has 0 saturated heterocycles. The third kappa shape index (κ3) is 3.86. The minimum Gasteiger partial charge on any atom is -0.497 e. The maximum atomic E-state index is 11.8. The monoisotopic (exact) mass is 369 g/mol. The van der Waals surface area contributed by atoms with E-state index in [0.717, 1.165) is 17.0 Å². The fourth-order valence-electron chi connectivity index (χ4n) is 2.34. The van der Waals surface area contributed by atoms with Gasteiger partial charge >= 0.3 is 0 Å². The Labute approximate surface area is 155 Å². The summed E-state index contributed by atoms with van der Waals surface area (Å²) in [5.74, 6) is 0.141. The van der Waals surface area contributed by atoms with Gasteiger partial charge in [0.1, 0.15) is 10.8 Å². The summed E-state index contributed by atoms with van der Waals surface area (Å²) < 4.78 is 5.14. The molecule has 3 rings (SSSR count). The van der Waals surface area contributed by atoms with Gasteiger partial charge in [0.25, 0.3) is 5.91 Å². The van der Waals surface area contributed by atoms with E-state index in [4.69, 9.17) is 16.2 Å². The molecule has 8 heteroatoms. The third-order valence-corrected chi connectivity index (χ3v) is 4.54. The van der Waals surface area contributed by atoms with Gasteiger partial charge in [-0.25, -0.2) is 4.98 Å². The molecule has 1 amide bonds. The molecule has 1 aromatic heterocycles. The summed E-state index contributed by atoms with van der Waals surface area (Å²) in [5, 5.41) is 7.37. The van der Waals surface area contributed by atoms with Crippen LogP contribution < -0.4 is 26.8 Å². The van der Waals surface area contributed by atoms with E-state index in [-0.39, 0.29) is 5.69 Å². The van der Waals surface area contributed by atoms with Gasteiger partial charge in [0.2, 0.25) is 0 Å². The molecular weight excluding hydrogens is 350 g/mol. The van der Waals surface area contributed by atoms with Crippen molar-refractivity contribution in [1.82, 2.24) is 4.98 Å². The van der Waals surface area contributed by atoms with Gasteiger partial charge in [-0.1, -0.05) is 17.4 Å². The number of nitrogens with zero attached hydrogens (tertiary/aromatic N) is 1. The van der Waals surface area contributed by atoms with E-state index in [1.54, 1.807) is 7.11 Å². The molecule has 2 aromatic carbocycles. The Morgan fingerprint density at radius 2 is 1.88 bits per heavy atom. The number of carbonyl (C=O) groups excluding carboxylic acids is 1. The van der Waals surface area contributed by atoms with E-state index in [1.165, 1.54) is 11.3 Å². The zero-order valence-electron chi connectivity index (χ0n) is 14.4. The topological polar surface area (TPSA) is 115 Å². The van der Waals surface area contributed by atoms with Crippen molar-refractivity contribution in [2.24, 2.45) is 5.73 Å². The van der Waals surface area contributed by atoms with E-state index in [1.807, 2.05) is 49.4 Å². The lowest BCUT2D eigenvalue weighted by molar-refractivity contribution is 0.0997. The van der Waals surface area contributed by atoms with Gasteiger partial charge in [-0.3, -0.25) is 4.79 Å². The minimum atomic E-state index is -0.614. The number of methoxy groups -OCH3 is 1. The van der Waals surface area contributed by atoms with Crippen LogP contribution in [0, 0.1) is 6.92 Å². The van der Waals surface area contributed by atoms with Gasteiger partial charge < -0.3 is 26.8 Å². The van der Waals surface area contributed by atoms with E-state index in [9.17, 15) is 4.79 Å². The third-order valence-electron chi connectivity index (χ3n) is 3.66. The van der Waals surface area contributed by atoms with E-state index in [2.05, 4.69) is 15.6 Å². The standard InChI is InChI=1S/C18H19N5O2S/c1-10-3-8-14(13(19)9-10)22-17-15(16(20)24)23-18(26-17)21-11-4-6-12(25-2)7-5-11/h3-9,22H,19H2,1-2H3,(H2,20,24)(H,21,23). The molecular formula is C18H19N5O2S. The Bertz CT molecular complexity index is 937. The molecule has 6 N–H and O–H groups in total. The van der Waals surface area contributed by atoms with Crippen molar-refractivity contribution in [3.05, 3.63) is 53.7 Å². The summed E-state index contributed by atoms with van der Waals surface area (Å²) in [6.07, 6.45) is 0. The van der Waals surface area contributed by atoms with Gasteiger partial charge in [0.05, 0.1) is 18.5 Å². The first-order valence-corrected chi connectivity index (χ1v) is 8.63. The molecule has 1 heterocycles. The average Bonchev–Trinajstić information content (AvgIpc) is 3.01. The number of amides is 1. The number of hydrogen-bond donors (Lipinski definition) is 4. The van der Waals surface area contributed by atoms with Gasteiger partial charge in [-0.15, -0.1) is 0 Å².